The van der Waals surface area contributed by atoms with E-state index in [4.69, 9.17) is 0 Å². The van der Waals surface area contributed by atoms with Crippen LogP contribution < -0.4 is 16.1 Å². The zero-order valence-electron chi connectivity index (χ0n) is 14.7. The number of hydrazone groups is 1. The van der Waals surface area contributed by atoms with Gasteiger partial charge in [-0.05, 0) is 52.3 Å². The van der Waals surface area contributed by atoms with Crippen LogP contribution in [-0.4, -0.2) is 29.0 Å². The van der Waals surface area contributed by atoms with Crippen molar-refractivity contribution in [3.63, 3.8) is 0 Å². The van der Waals surface area contributed by atoms with Gasteiger partial charge in [-0.25, -0.2) is 5.43 Å². The number of carbonyl (C=O) groups excluding carboxylic acids is 3. The summed E-state index contributed by atoms with van der Waals surface area (Å²) in [6.07, 6.45) is 0.0387. The summed E-state index contributed by atoms with van der Waals surface area (Å²) >= 11 is 0. The minimum absolute atomic E-state index is 0.0387. The Balaban J connectivity index is 2.51. The Morgan fingerprint density at radius 1 is 1.12 bits per heavy atom. The lowest BCUT2D eigenvalue weighted by molar-refractivity contribution is -0.136. The number of rotatable bonds is 4. The van der Waals surface area contributed by atoms with E-state index in [2.05, 4.69) is 21.2 Å². The fourth-order valence-corrected chi connectivity index (χ4v) is 1.84. The molecule has 1 aromatic rings. The van der Waals surface area contributed by atoms with Crippen LogP contribution in [-0.2, 0) is 14.4 Å². The minimum Gasteiger partial charge on any atom is -0.351 e. The molecule has 0 saturated heterocycles. The number of benzene rings is 1. The summed E-state index contributed by atoms with van der Waals surface area (Å²) in [4.78, 5) is 35.2. The summed E-state index contributed by atoms with van der Waals surface area (Å²) in [5, 5.41) is 9.03. The Morgan fingerprint density at radius 2 is 1.79 bits per heavy atom. The van der Waals surface area contributed by atoms with E-state index < -0.39 is 11.8 Å². The van der Waals surface area contributed by atoms with Crippen molar-refractivity contribution < 1.29 is 14.4 Å². The highest BCUT2D eigenvalue weighted by Gasteiger charge is 2.16. The summed E-state index contributed by atoms with van der Waals surface area (Å²) in [6.45, 7) is 9.09. The molecule has 3 amide bonds. The van der Waals surface area contributed by atoms with E-state index in [0.717, 1.165) is 5.56 Å². The molecule has 7 heteroatoms. The number of hydrogen-bond donors (Lipinski definition) is 3. The van der Waals surface area contributed by atoms with Crippen molar-refractivity contribution in [3.05, 3.63) is 29.8 Å². The average Bonchev–Trinajstić information content (AvgIpc) is 2.42. The van der Waals surface area contributed by atoms with Gasteiger partial charge < -0.3 is 10.6 Å². The van der Waals surface area contributed by atoms with E-state index in [1.807, 2.05) is 33.8 Å². The zero-order chi connectivity index (χ0) is 18.3. The molecule has 0 radical (unpaired) electrons. The maximum Gasteiger partial charge on any atom is 0.329 e. The Kier molecular flexibility index (Phi) is 6.64. The van der Waals surface area contributed by atoms with Crippen molar-refractivity contribution in [2.75, 3.05) is 5.32 Å². The van der Waals surface area contributed by atoms with Crippen molar-refractivity contribution in [2.45, 2.75) is 46.6 Å². The highest BCUT2D eigenvalue weighted by molar-refractivity contribution is 6.39. The molecule has 0 saturated carbocycles. The largest absolute Gasteiger partial charge is 0.351 e. The molecule has 0 atom stereocenters. The molecule has 0 heterocycles. The monoisotopic (exact) mass is 332 g/mol. The second kappa shape index (κ2) is 8.24. The van der Waals surface area contributed by atoms with Crippen LogP contribution in [0.2, 0.25) is 0 Å². The van der Waals surface area contributed by atoms with Crippen molar-refractivity contribution in [1.82, 2.24) is 10.7 Å². The Hall–Kier alpha value is -2.70. The lowest BCUT2D eigenvalue weighted by atomic mass is 10.1. The fourth-order valence-electron chi connectivity index (χ4n) is 1.84. The minimum atomic E-state index is -0.896. The Bertz CT molecular complexity index is 660. The van der Waals surface area contributed by atoms with Crippen LogP contribution in [0.3, 0.4) is 0 Å². The SMILES string of the molecule is C/C(CC(=O)NC(C)(C)C)=N/NC(=O)C(=O)Nc1cccc(C)c1. The molecule has 3 N–H and O–H groups in total. The van der Waals surface area contributed by atoms with Crippen LogP contribution in [0, 0.1) is 6.92 Å². The van der Waals surface area contributed by atoms with Crippen LogP contribution >= 0.6 is 0 Å². The predicted octanol–water partition coefficient (Wildman–Crippen LogP) is 1.73. The summed E-state index contributed by atoms with van der Waals surface area (Å²) < 4.78 is 0. The number of nitrogens with zero attached hydrogens (tertiary/aromatic N) is 1. The molecule has 130 valence electrons. The maximum absolute atomic E-state index is 11.8. The van der Waals surface area contributed by atoms with Crippen molar-refractivity contribution in [3.8, 4) is 0 Å². The zero-order valence-corrected chi connectivity index (χ0v) is 14.7. The first-order valence-electron chi connectivity index (χ1n) is 7.59. The van der Waals surface area contributed by atoms with E-state index in [1.165, 1.54) is 0 Å². The molecule has 7 nitrogen and oxygen atoms in total. The van der Waals surface area contributed by atoms with Gasteiger partial charge in [0.2, 0.25) is 5.91 Å². The molecule has 0 bridgehead atoms. The third-order valence-corrected chi connectivity index (χ3v) is 2.76. The molecule has 24 heavy (non-hydrogen) atoms. The molecule has 0 unspecified atom stereocenters. The van der Waals surface area contributed by atoms with Crippen molar-refractivity contribution in [2.24, 2.45) is 5.10 Å². The molecule has 0 aliphatic carbocycles. The molecular formula is C17H24N4O3. The van der Waals surface area contributed by atoms with Gasteiger partial charge in [0.15, 0.2) is 0 Å². The molecule has 0 fully saturated rings. The van der Waals surface area contributed by atoms with E-state index in [0.29, 0.717) is 11.4 Å². The van der Waals surface area contributed by atoms with Gasteiger partial charge in [0.1, 0.15) is 0 Å². The molecule has 0 aliphatic heterocycles. The molecule has 0 spiro atoms. The number of carbonyl (C=O) groups is 3. The van der Waals surface area contributed by atoms with Crippen LogP contribution in [0.25, 0.3) is 0 Å². The highest BCUT2D eigenvalue weighted by Crippen LogP contribution is 2.09. The average molecular weight is 332 g/mol. The first-order valence-corrected chi connectivity index (χ1v) is 7.59. The summed E-state index contributed by atoms with van der Waals surface area (Å²) in [5.41, 5.74) is 3.69. The van der Waals surface area contributed by atoms with Gasteiger partial charge >= 0.3 is 11.8 Å². The highest BCUT2D eigenvalue weighted by atomic mass is 16.2. The molecule has 1 aromatic carbocycles. The van der Waals surface area contributed by atoms with E-state index in [1.54, 1.807) is 25.1 Å². The van der Waals surface area contributed by atoms with Gasteiger partial charge in [0, 0.05) is 16.9 Å². The fraction of sp³-hybridized carbons (Fsp3) is 0.412. The number of anilines is 1. The number of amides is 3. The molecule has 0 aliphatic rings. The van der Waals surface area contributed by atoms with Gasteiger partial charge in [-0.15, -0.1) is 0 Å². The standard InChI is InChI=1S/C17H24N4O3/c1-11-7-6-8-13(9-11)18-15(23)16(24)21-20-12(2)10-14(22)19-17(3,4)5/h6-9H,10H2,1-5H3,(H,18,23)(H,19,22)(H,21,24)/b20-12-. The second-order valence-electron chi connectivity index (χ2n) is 6.59. The molecule has 1 rings (SSSR count). The molecular weight excluding hydrogens is 308 g/mol. The number of nitrogens with one attached hydrogen (secondary N) is 3. The summed E-state index contributed by atoms with van der Waals surface area (Å²) in [5.74, 6) is -1.93. The smallest absolute Gasteiger partial charge is 0.329 e. The van der Waals surface area contributed by atoms with Gasteiger partial charge in [-0.2, -0.15) is 5.10 Å². The third kappa shape index (κ3) is 7.53. The quantitative estimate of drug-likeness (QED) is 0.445. The van der Waals surface area contributed by atoms with Crippen LogP contribution in [0.15, 0.2) is 29.4 Å². The van der Waals surface area contributed by atoms with Crippen LogP contribution in [0.5, 0.6) is 0 Å². The van der Waals surface area contributed by atoms with E-state index in [-0.39, 0.29) is 17.9 Å². The molecule has 0 aromatic heterocycles. The normalized spacial score (nSPS) is 11.6. The van der Waals surface area contributed by atoms with Gasteiger partial charge in [-0.3, -0.25) is 14.4 Å². The Labute approximate surface area is 141 Å². The number of aryl methyl sites for hydroxylation is 1. The topological polar surface area (TPSA) is 99.7 Å². The second-order valence-corrected chi connectivity index (χ2v) is 6.59. The summed E-state index contributed by atoms with van der Waals surface area (Å²) in [7, 11) is 0. The van der Waals surface area contributed by atoms with Crippen LogP contribution in [0.1, 0.15) is 39.7 Å². The van der Waals surface area contributed by atoms with Gasteiger partial charge in [0.05, 0.1) is 6.42 Å². The lowest BCUT2D eigenvalue weighted by Gasteiger charge is -2.20. The Morgan fingerprint density at radius 3 is 2.38 bits per heavy atom. The van der Waals surface area contributed by atoms with Crippen molar-refractivity contribution >= 4 is 29.1 Å². The van der Waals surface area contributed by atoms with Gasteiger partial charge in [0.25, 0.3) is 0 Å². The van der Waals surface area contributed by atoms with Crippen LogP contribution in [0.4, 0.5) is 5.69 Å². The van der Waals surface area contributed by atoms with E-state index >= 15 is 0 Å². The summed E-state index contributed by atoms with van der Waals surface area (Å²) in [6, 6.07) is 7.09. The van der Waals surface area contributed by atoms with Crippen molar-refractivity contribution in [1.29, 1.82) is 0 Å². The van der Waals surface area contributed by atoms with E-state index in [9.17, 15) is 14.4 Å². The van der Waals surface area contributed by atoms with Gasteiger partial charge in [-0.1, -0.05) is 12.1 Å². The predicted molar refractivity (Wildman–Crippen MR) is 93.6 cm³/mol. The lowest BCUT2D eigenvalue weighted by Crippen LogP contribution is -2.41. The first kappa shape index (κ1) is 19.3. The first-order chi connectivity index (χ1) is 11.1. The maximum atomic E-state index is 11.8. The number of hydrogen-bond acceptors (Lipinski definition) is 4. The third-order valence-electron chi connectivity index (χ3n) is 2.76.